The Bertz CT molecular complexity index is 522. The molecular formula is C18H31IN4O2. The molecule has 0 bridgehead atoms. The van der Waals surface area contributed by atoms with Gasteiger partial charge >= 0.3 is 0 Å². The number of benzene rings is 1. The van der Waals surface area contributed by atoms with E-state index in [1.165, 1.54) is 11.3 Å². The zero-order chi connectivity index (χ0) is 17.2. The largest absolute Gasteiger partial charge is 0.383 e. The molecule has 0 saturated carbocycles. The van der Waals surface area contributed by atoms with Gasteiger partial charge in [-0.15, -0.1) is 24.0 Å². The van der Waals surface area contributed by atoms with Gasteiger partial charge in [0.05, 0.1) is 26.4 Å². The third kappa shape index (κ3) is 7.37. The first kappa shape index (κ1) is 22.0. The van der Waals surface area contributed by atoms with E-state index < -0.39 is 0 Å². The van der Waals surface area contributed by atoms with Crippen molar-refractivity contribution in [2.45, 2.75) is 26.4 Å². The maximum atomic E-state index is 5.46. The maximum Gasteiger partial charge on any atom is 0.191 e. The first-order valence-electron chi connectivity index (χ1n) is 8.69. The van der Waals surface area contributed by atoms with Crippen molar-refractivity contribution in [3.63, 3.8) is 0 Å². The predicted molar refractivity (Wildman–Crippen MR) is 114 cm³/mol. The van der Waals surface area contributed by atoms with Gasteiger partial charge in [0.25, 0.3) is 0 Å². The number of nitrogens with zero attached hydrogens (tertiary/aromatic N) is 2. The lowest BCUT2D eigenvalue weighted by Crippen LogP contribution is -2.44. The van der Waals surface area contributed by atoms with Gasteiger partial charge in [-0.05, 0) is 25.5 Å². The highest BCUT2D eigenvalue weighted by Crippen LogP contribution is 2.22. The van der Waals surface area contributed by atoms with E-state index >= 15 is 0 Å². The van der Waals surface area contributed by atoms with Crippen LogP contribution >= 0.6 is 24.0 Å². The third-order valence-electron chi connectivity index (χ3n) is 3.89. The second-order valence-corrected chi connectivity index (χ2v) is 5.92. The fourth-order valence-electron chi connectivity index (χ4n) is 2.77. The molecule has 1 aromatic rings. The molecule has 1 unspecified atom stereocenters. The van der Waals surface area contributed by atoms with Crippen LogP contribution in [-0.4, -0.2) is 58.6 Å². The van der Waals surface area contributed by atoms with Crippen LogP contribution in [0.5, 0.6) is 0 Å². The van der Waals surface area contributed by atoms with E-state index in [2.05, 4.69) is 53.6 Å². The summed E-state index contributed by atoms with van der Waals surface area (Å²) < 4.78 is 10.6. The Labute approximate surface area is 168 Å². The first-order chi connectivity index (χ1) is 11.7. The Kier molecular flexibility index (Phi) is 10.8. The van der Waals surface area contributed by atoms with Gasteiger partial charge in [0.15, 0.2) is 5.96 Å². The Balaban J connectivity index is 0.00000312. The summed E-state index contributed by atoms with van der Waals surface area (Å²) in [6.45, 7) is 9.71. The molecule has 0 spiro atoms. The van der Waals surface area contributed by atoms with Crippen LogP contribution < -0.4 is 15.5 Å². The number of ether oxygens (including phenoxy) is 2. The van der Waals surface area contributed by atoms with Crippen LogP contribution in [0.25, 0.3) is 0 Å². The summed E-state index contributed by atoms with van der Waals surface area (Å²) >= 11 is 0. The number of aliphatic imine (C=N–C) groups is 1. The van der Waals surface area contributed by atoms with Crippen LogP contribution in [-0.2, 0) is 16.0 Å². The van der Waals surface area contributed by atoms with E-state index in [4.69, 9.17) is 14.5 Å². The number of guanidine groups is 1. The molecule has 0 aliphatic carbocycles. The SMILES string of the molecule is CCNC(=NCc1ccccc1N1CCOCC1)NC(C)COC.I. The van der Waals surface area contributed by atoms with Crippen molar-refractivity contribution in [1.29, 1.82) is 0 Å². The lowest BCUT2D eigenvalue weighted by Gasteiger charge is -2.30. The molecule has 1 aliphatic heterocycles. The Morgan fingerprint density at radius 1 is 1.32 bits per heavy atom. The second-order valence-electron chi connectivity index (χ2n) is 5.92. The molecule has 1 aromatic carbocycles. The van der Waals surface area contributed by atoms with Gasteiger partial charge in [-0.2, -0.15) is 0 Å². The van der Waals surface area contributed by atoms with Crippen molar-refractivity contribution in [1.82, 2.24) is 10.6 Å². The number of rotatable bonds is 7. The minimum atomic E-state index is 0. The topological polar surface area (TPSA) is 58.1 Å². The average molecular weight is 462 g/mol. The fraction of sp³-hybridized carbons (Fsp3) is 0.611. The molecule has 1 heterocycles. The smallest absolute Gasteiger partial charge is 0.191 e. The van der Waals surface area contributed by atoms with Gasteiger partial charge in [0.2, 0.25) is 0 Å². The number of hydrogen-bond donors (Lipinski definition) is 2. The van der Waals surface area contributed by atoms with E-state index in [0.29, 0.717) is 13.2 Å². The van der Waals surface area contributed by atoms with Gasteiger partial charge in [0, 0.05) is 38.5 Å². The zero-order valence-electron chi connectivity index (χ0n) is 15.5. The lowest BCUT2D eigenvalue weighted by atomic mass is 10.1. The van der Waals surface area contributed by atoms with E-state index in [1.807, 2.05) is 0 Å². The minimum absolute atomic E-state index is 0. The van der Waals surface area contributed by atoms with Gasteiger partial charge in [-0.3, -0.25) is 0 Å². The molecule has 0 amide bonds. The van der Waals surface area contributed by atoms with Crippen LogP contribution in [0.1, 0.15) is 19.4 Å². The van der Waals surface area contributed by atoms with E-state index in [9.17, 15) is 0 Å². The summed E-state index contributed by atoms with van der Waals surface area (Å²) in [6.07, 6.45) is 0. The van der Waals surface area contributed by atoms with Crippen LogP contribution in [0.2, 0.25) is 0 Å². The van der Waals surface area contributed by atoms with Crippen molar-refractivity contribution in [2.24, 2.45) is 4.99 Å². The molecule has 0 aromatic heterocycles. The van der Waals surface area contributed by atoms with E-state index in [0.717, 1.165) is 38.8 Å². The molecule has 2 rings (SSSR count). The number of nitrogens with one attached hydrogen (secondary N) is 2. The Morgan fingerprint density at radius 2 is 2.04 bits per heavy atom. The van der Waals surface area contributed by atoms with Gasteiger partial charge < -0.3 is 25.0 Å². The summed E-state index contributed by atoms with van der Waals surface area (Å²) in [7, 11) is 1.71. The molecule has 25 heavy (non-hydrogen) atoms. The van der Waals surface area contributed by atoms with Crippen molar-refractivity contribution in [3.05, 3.63) is 29.8 Å². The monoisotopic (exact) mass is 462 g/mol. The quantitative estimate of drug-likeness (QED) is 0.370. The van der Waals surface area contributed by atoms with Gasteiger partial charge in [-0.25, -0.2) is 4.99 Å². The van der Waals surface area contributed by atoms with Crippen LogP contribution in [0.15, 0.2) is 29.3 Å². The summed E-state index contributed by atoms with van der Waals surface area (Å²) in [4.78, 5) is 7.12. The molecule has 1 atom stereocenters. The molecule has 1 fully saturated rings. The highest BCUT2D eigenvalue weighted by atomic mass is 127. The first-order valence-corrected chi connectivity index (χ1v) is 8.69. The molecule has 0 radical (unpaired) electrons. The third-order valence-corrected chi connectivity index (χ3v) is 3.89. The number of para-hydroxylation sites is 1. The van der Waals surface area contributed by atoms with Gasteiger partial charge in [0.1, 0.15) is 0 Å². The van der Waals surface area contributed by atoms with Crippen LogP contribution in [0.4, 0.5) is 5.69 Å². The molecule has 142 valence electrons. The number of anilines is 1. The Morgan fingerprint density at radius 3 is 2.72 bits per heavy atom. The van der Waals surface area contributed by atoms with Crippen molar-refractivity contribution < 1.29 is 9.47 Å². The van der Waals surface area contributed by atoms with E-state index in [-0.39, 0.29) is 30.0 Å². The maximum absolute atomic E-state index is 5.46. The molecular weight excluding hydrogens is 431 g/mol. The lowest BCUT2D eigenvalue weighted by molar-refractivity contribution is 0.122. The van der Waals surface area contributed by atoms with Crippen molar-refractivity contribution in [3.8, 4) is 0 Å². The van der Waals surface area contributed by atoms with Crippen LogP contribution in [0, 0.1) is 0 Å². The molecule has 7 heteroatoms. The predicted octanol–water partition coefficient (Wildman–Crippen LogP) is 2.23. The summed E-state index contributed by atoms with van der Waals surface area (Å²) in [5.74, 6) is 0.818. The molecule has 2 N–H and O–H groups in total. The fourth-order valence-corrected chi connectivity index (χ4v) is 2.77. The molecule has 6 nitrogen and oxygen atoms in total. The number of morpholine rings is 1. The van der Waals surface area contributed by atoms with Crippen molar-refractivity contribution in [2.75, 3.05) is 51.5 Å². The number of methoxy groups -OCH3 is 1. The number of hydrogen-bond acceptors (Lipinski definition) is 4. The molecule has 1 saturated heterocycles. The zero-order valence-corrected chi connectivity index (χ0v) is 17.8. The second kappa shape index (κ2) is 12.3. The highest BCUT2D eigenvalue weighted by molar-refractivity contribution is 14.0. The standard InChI is InChI=1S/C18H30N4O2.HI/c1-4-19-18(21-15(2)14-23-3)20-13-16-7-5-6-8-17(16)22-9-11-24-12-10-22;/h5-8,15H,4,9-14H2,1-3H3,(H2,19,20,21);1H. The minimum Gasteiger partial charge on any atom is -0.383 e. The summed E-state index contributed by atoms with van der Waals surface area (Å²) in [5.41, 5.74) is 2.49. The normalized spacial score (nSPS) is 16.1. The average Bonchev–Trinajstić information content (AvgIpc) is 2.61. The van der Waals surface area contributed by atoms with Crippen LogP contribution in [0.3, 0.4) is 0 Å². The van der Waals surface area contributed by atoms with E-state index in [1.54, 1.807) is 7.11 Å². The van der Waals surface area contributed by atoms with Crippen molar-refractivity contribution >= 4 is 35.6 Å². The number of halogens is 1. The highest BCUT2D eigenvalue weighted by Gasteiger charge is 2.14. The summed E-state index contributed by atoms with van der Waals surface area (Å²) in [5, 5.41) is 6.66. The molecule has 1 aliphatic rings. The Hall–Kier alpha value is -1.06. The summed E-state index contributed by atoms with van der Waals surface area (Å²) in [6, 6.07) is 8.69. The van der Waals surface area contributed by atoms with Gasteiger partial charge in [-0.1, -0.05) is 18.2 Å².